The summed E-state index contributed by atoms with van der Waals surface area (Å²) in [6.45, 7) is 3.72. The van der Waals surface area contributed by atoms with Crippen molar-refractivity contribution in [3.8, 4) is 0 Å². The van der Waals surface area contributed by atoms with Crippen LogP contribution in [0.1, 0.15) is 24.3 Å². The van der Waals surface area contributed by atoms with Crippen LogP contribution in [0.15, 0.2) is 52.1 Å². The highest BCUT2D eigenvalue weighted by molar-refractivity contribution is 5.81. The van der Waals surface area contributed by atoms with Gasteiger partial charge in [0.1, 0.15) is 12.3 Å². The third-order valence-electron chi connectivity index (χ3n) is 4.29. The average molecular weight is 325 g/mol. The minimum absolute atomic E-state index is 0.0583. The van der Waals surface area contributed by atoms with Crippen LogP contribution in [-0.4, -0.2) is 27.4 Å². The van der Waals surface area contributed by atoms with Gasteiger partial charge in [0.2, 0.25) is 5.91 Å². The van der Waals surface area contributed by atoms with Crippen LogP contribution in [0.2, 0.25) is 0 Å². The number of hydrogen-bond acceptors (Lipinski definition) is 4. The van der Waals surface area contributed by atoms with E-state index in [0.29, 0.717) is 16.7 Å². The van der Waals surface area contributed by atoms with E-state index in [1.165, 1.54) is 10.9 Å². The molecule has 1 unspecified atom stereocenters. The predicted molar refractivity (Wildman–Crippen MR) is 90.6 cm³/mol. The van der Waals surface area contributed by atoms with Crippen molar-refractivity contribution < 1.29 is 9.21 Å². The molecule has 0 bridgehead atoms. The van der Waals surface area contributed by atoms with Crippen LogP contribution in [0.25, 0.3) is 10.9 Å². The Hall–Kier alpha value is -2.89. The van der Waals surface area contributed by atoms with E-state index in [9.17, 15) is 9.59 Å². The largest absolute Gasteiger partial charge is 0.467 e. The summed E-state index contributed by atoms with van der Waals surface area (Å²) in [5.74, 6) is 0.514. The van der Waals surface area contributed by atoms with E-state index in [1.54, 1.807) is 30.3 Å². The van der Waals surface area contributed by atoms with Gasteiger partial charge in [-0.05, 0) is 37.6 Å². The zero-order valence-corrected chi connectivity index (χ0v) is 13.9. The molecule has 0 aliphatic carbocycles. The van der Waals surface area contributed by atoms with Crippen molar-refractivity contribution in [1.82, 2.24) is 14.5 Å². The Kier molecular flexibility index (Phi) is 4.20. The molecule has 0 saturated heterocycles. The Morgan fingerprint density at radius 2 is 2.12 bits per heavy atom. The van der Waals surface area contributed by atoms with Crippen LogP contribution in [0.4, 0.5) is 0 Å². The van der Waals surface area contributed by atoms with Crippen molar-refractivity contribution in [3.05, 3.63) is 64.6 Å². The number of nitrogens with zero attached hydrogens (tertiary/aromatic N) is 3. The zero-order valence-electron chi connectivity index (χ0n) is 13.9. The summed E-state index contributed by atoms with van der Waals surface area (Å²) < 4.78 is 6.68. The first-order valence-electron chi connectivity index (χ1n) is 7.73. The number of amides is 1. The quantitative estimate of drug-likeness (QED) is 0.739. The molecule has 1 atom stereocenters. The van der Waals surface area contributed by atoms with E-state index in [4.69, 9.17) is 4.42 Å². The van der Waals surface area contributed by atoms with Crippen molar-refractivity contribution in [2.45, 2.75) is 26.4 Å². The Morgan fingerprint density at radius 1 is 1.33 bits per heavy atom. The number of carbonyl (C=O) groups is 1. The van der Waals surface area contributed by atoms with Crippen LogP contribution >= 0.6 is 0 Å². The highest BCUT2D eigenvalue weighted by Crippen LogP contribution is 2.19. The molecule has 2 heterocycles. The van der Waals surface area contributed by atoms with Gasteiger partial charge in [-0.1, -0.05) is 12.1 Å². The van der Waals surface area contributed by atoms with E-state index < -0.39 is 0 Å². The molecular weight excluding hydrogens is 306 g/mol. The number of likely N-dealkylation sites (N-methyl/N-ethyl adjacent to an activating group) is 1. The van der Waals surface area contributed by atoms with Crippen LogP contribution in [0.3, 0.4) is 0 Å². The number of carbonyl (C=O) groups excluding carboxylic acids is 1. The lowest BCUT2D eigenvalue weighted by atomic mass is 10.1. The van der Waals surface area contributed by atoms with Crippen LogP contribution in [-0.2, 0) is 11.3 Å². The third-order valence-corrected chi connectivity index (χ3v) is 4.29. The minimum Gasteiger partial charge on any atom is -0.467 e. The molecule has 3 aromatic rings. The summed E-state index contributed by atoms with van der Waals surface area (Å²) >= 11 is 0. The Morgan fingerprint density at radius 3 is 2.83 bits per heavy atom. The van der Waals surface area contributed by atoms with Gasteiger partial charge in [-0.25, -0.2) is 4.98 Å². The first kappa shape index (κ1) is 16.0. The highest BCUT2D eigenvalue weighted by atomic mass is 16.3. The molecule has 124 valence electrons. The van der Waals surface area contributed by atoms with Gasteiger partial charge in [-0.15, -0.1) is 0 Å². The van der Waals surface area contributed by atoms with Crippen molar-refractivity contribution >= 4 is 16.8 Å². The SMILES string of the molecule is Cc1cccc2c(=O)n(CC(=O)N(C)C(C)c3ccco3)cnc12. The lowest BCUT2D eigenvalue weighted by molar-refractivity contribution is -0.132. The molecule has 3 rings (SSSR count). The summed E-state index contributed by atoms with van der Waals surface area (Å²) in [6, 6.07) is 8.85. The molecule has 2 aromatic heterocycles. The van der Waals surface area contributed by atoms with Gasteiger partial charge in [0.05, 0.1) is 29.5 Å². The molecule has 0 aliphatic rings. The van der Waals surface area contributed by atoms with E-state index in [2.05, 4.69) is 4.98 Å². The molecule has 0 aliphatic heterocycles. The fraction of sp³-hybridized carbons (Fsp3) is 0.278. The Balaban J connectivity index is 1.86. The number of aromatic nitrogens is 2. The smallest absolute Gasteiger partial charge is 0.261 e. The van der Waals surface area contributed by atoms with E-state index >= 15 is 0 Å². The normalized spacial score (nSPS) is 12.3. The van der Waals surface area contributed by atoms with Gasteiger partial charge in [-0.2, -0.15) is 0 Å². The Bertz CT molecular complexity index is 928. The third kappa shape index (κ3) is 2.82. The maximum absolute atomic E-state index is 12.6. The molecule has 1 aromatic carbocycles. The van der Waals surface area contributed by atoms with Crippen molar-refractivity contribution in [2.24, 2.45) is 0 Å². The lowest BCUT2D eigenvalue weighted by Gasteiger charge is -2.23. The zero-order chi connectivity index (χ0) is 17.3. The van der Waals surface area contributed by atoms with Crippen LogP contribution < -0.4 is 5.56 Å². The van der Waals surface area contributed by atoms with E-state index in [-0.39, 0.29) is 24.1 Å². The predicted octanol–water partition coefficient (Wildman–Crippen LogP) is 2.52. The summed E-state index contributed by atoms with van der Waals surface area (Å²) in [5, 5.41) is 0.520. The molecule has 0 fully saturated rings. The molecule has 6 heteroatoms. The summed E-state index contributed by atoms with van der Waals surface area (Å²) in [7, 11) is 1.69. The van der Waals surface area contributed by atoms with Crippen LogP contribution in [0.5, 0.6) is 0 Å². The average Bonchev–Trinajstić information content (AvgIpc) is 3.11. The van der Waals surface area contributed by atoms with Gasteiger partial charge >= 0.3 is 0 Å². The van der Waals surface area contributed by atoms with Crippen LogP contribution in [0, 0.1) is 6.92 Å². The topological polar surface area (TPSA) is 68.3 Å². The second kappa shape index (κ2) is 6.31. The van der Waals surface area contributed by atoms with Gasteiger partial charge in [0, 0.05) is 7.05 Å². The fourth-order valence-electron chi connectivity index (χ4n) is 2.64. The molecule has 6 nitrogen and oxygen atoms in total. The fourth-order valence-corrected chi connectivity index (χ4v) is 2.64. The number of furan rings is 1. The summed E-state index contributed by atoms with van der Waals surface area (Å²) in [4.78, 5) is 31.0. The highest BCUT2D eigenvalue weighted by Gasteiger charge is 2.20. The maximum atomic E-state index is 12.6. The molecule has 0 saturated carbocycles. The molecule has 0 spiro atoms. The van der Waals surface area contributed by atoms with E-state index in [1.807, 2.05) is 32.0 Å². The molecule has 0 N–H and O–H groups in total. The molecular formula is C18H19N3O3. The maximum Gasteiger partial charge on any atom is 0.261 e. The lowest BCUT2D eigenvalue weighted by Crippen LogP contribution is -2.35. The number of rotatable bonds is 4. The first-order valence-corrected chi connectivity index (χ1v) is 7.73. The monoisotopic (exact) mass is 325 g/mol. The second-order valence-corrected chi connectivity index (χ2v) is 5.84. The van der Waals surface area contributed by atoms with Crippen molar-refractivity contribution in [1.29, 1.82) is 0 Å². The summed E-state index contributed by atoms with van der Waals surface area (Å²) in [6.07, 6.45) is 3.01. The minimum atomic E-state index is -0.212. The number of hydrogen-bond donors (Lipinski definition) is 0. The van der Waals surface area contributed by atoms with Crippen molar-refractivity contribution in [2.75, 3.05) is 7.05 Å². The Labute approximate surface area is 139 Å². The number of para-hydroxylation sites is 1. The van der Waals surface area contributed by atoms with Crippen molar-refractivity contribution in [3.63, 3.8) is 0 Å². The summed E-state index contributed by atoms with van der Waals surface area (Å²) in [5.41, 5.74) is 1.39. The number of aryl methyl sites for hydroxylation is 1. The molecule has 1 amide bonds. The van der Waals surface area contributed by atoms with E-state index in [0.717, 1.165) is 5.56 Å². The second-order valence-electron chi connectivity index (χ2n) is 5.84. The number of fused-ring (bicyclic) bond motifs is 1. The van der Waals surface area contributed by atoms with Gasteiger partial charge in [-0.3, -0.25) is 14.2 Å². The van der Waals surface area contributed by atoms with Gasteiger partial charge < -0.3 is 9.32 Å². The molecule has 0 radical (unpaired) electrons. The first-order chi connectivity index (χ1) is 11.5. The molecule has 24 heavy (non-hydrogen) atoms. The van der Waals surface area contributed by atoms with Gasteiger partial charge in [0.15, 0.2) is 0 Å². The van der Waals surface area contributed by atoms with Gasteiger partial charge in [0.25, 0.3) is 5.56 Å². The number of benzene rings is 1. The standard InChI is InChI=1S/C18H19N3O3/c1-12-6-4-7-14-17(12)19-11-21(18(14)23)10-16(22)20(3)13(2)15-8-5-9-24-15/h4-9,11,13H,10H2,1-3H3.